The summed E-state index contributed by atoms with van der Waals surface area (Å²) < 4.78 is 29.8. The minimum atomic E-state index is -1.19. The Morgan fingerprint density at radius 3 is 2.42 bits per heavy atom. The second kappa shape index (κ2) is 11.7. The highest BCUT2D eigenvalue weighted by atomic mass is 35.5. The number of primary amides is 1. The second-order valence-corrected chi connectivity index (χ2v) is 6.21. The molecular weight excluding hydrogens is 431 g/mol. The summed E-state index contributed by atoms with van der Waals surface area (Å²) in [6.07, 6.45) is -1.19. The summed E-state index contributed by atoms with van der Waals surface area (Å²) in [5, 5.41) is 10.2. The Bertz CT molecular complexity index is 957. The van der Waals surface area contributed by atoms with Crippen molar-refractivity contribution in [3.05, 3.63) is 58.9 Å². The van der Waals surface area contributed by atoms with Crippen LogP contribution in [0.25, 0.3) is 0 Å². The van der Waals surface area contributed by atoms with E-state index >= 15 is 0 Å². The van der Waals surface area contributed by atoms with Gasteiger partial charge < -0.3 is 31.0 Å². The minimum absolute atomic E-state index is 0. The summed E-state index contributed by atoms with van der Waals surface area (Å²) in [5.74, 6) is -1.57. The number of ether oxygens (including phenoxy) is 3. The van der Waals surface area contributed by atoms with Gasteiger partial charge in [0.05, 0.1) is 7.11 Å². The molecule has 168 valence electrons. The maximum Gasteiger partial charge on any atom is 0.255 e. The third-order valence-corrected chi connectivity index (χ3v) is 4.17. The van der Waals surface area contributed by atoms with E-state index in [2.05, 4.69) is 5.32 Å². The van der Waals surface area contributed by atoms with Crippen molar-refractivity contribution in [1.82, 2.24) is 5.32 Å². The average Bonchev–Trinajstić information content (AvgIpc) is 2.72. The van der Waals surface area contributed by atoms with E-state index in [0.717, 1.165) is 6.07 Å². The van der Waals surface area contributed by atoms with Gasteiger partial charge >= 0.3 is 0 Å². The van der Waals surface area contributed by atoms with Crippen LogP contribution in [0.15, 0.2) is 36.4 Å². The number of carbonyl (C=O) groups excluding carboxylic acids is 2. The van der Waals surface area contributed by atoms with E-state index in [1.54, 1.807) is 12.1 Å². The van der Waals surface area contributed by atoms with Crippen LogP contribution in [0, 0.1) is 11.2 Å². The van der Waals surface area contributed by atoms with E-state index in [4.69, 9.17) is 31.1 Å². The topological polar surface area (TPSA) is 150 Å². The number of amidine groups is 1. The number of methoxy groups -OCH3 is 2. The van der Waals surface area contributed by atoms with Crippen molar-refractivity contribution in [2.45, 2.75) is 12.6 Å². The largest absolute Gasteiger partial charge is 0.497 e. The lowest BCUT2D eigenvalue weighted by atomic mass is 10.1. The van der Waals surface area contributed by atoms with Crippen molar-refractivity contribution in [3.63, 3.8) is 0 Å². The summed E-state index contributed by atoms with van der Waals surface area (Å²) in [6.45, 7) is -0.400. The highest BCUT2D eigenvalue weighted by molar-refractivity contribution is 5.95. The van der Waals surface area contributed by atoms with Crippen LogP contribution in [-0.4, -0.2) is 38.5 Å². The molecule has 0 aliphatic carbocycles. The molecule has 2 rings (SSSR count). The first-order chi connectivity index (χ1) is 14.3. The van der Waals surface area contributed by atoms with Crippen LogP contribution in [0.2, 0.25) is 0 Å². The van der Waals surface area contributed by atoms with Crippen molar-refractivity contribution in [3.8, 4) is 11.5 Å². The number of carbonyl (C=O) groups is 2. The third kappa shape index (κ3) is 6.83. The zero-order chi connectivity index (χ0) is 22.3. The molecule has 0 saturated carbocycles. The molecule has 0 saturated heterocycles. The Morgan fingerprint density at radius 2 is 1.87 bits per heavy atom. The summed E-state index contributed by atoms with van der Waals surface area (Å²) >= 11 is 0. The van der Waals surface area contributed by atoms with Crippen LogP contribution in [0.4, 0.5) is 4.39 Å². The van der Waals surface area contributed by atoms with Gasteiger partial charge in [-0.3, -0.25) is 15.0 Å². The molecule has 11 heteroatoms. The maximum absolute atomic E-state index is 14.3. The van der Waals surface area contributed by atoms with Gasteiger partial charge in [-0.15, -0.1) is 12.4 Å². The average molecular weight is 455 g/mol. The van der Waals surface area contributed by atoms with Crippen molar-refractivity contribution in [1.29, 1.82) is 5.41 Å². The first-order valence-corrected chi connectivity index (χ1v) is 8.79. The molecule has 0 aliphatic rings. The first-order valence-electron chi connectivity index (χ1n) is 8.79. The molecule has 0 spiro atoms. The minimum Gasteiger partial charge on any atom is -0.497 e. The van der Waals surface area contributed by atoms with Crippen LogP contribution in [-0.2, 0) is 20.9 Å². The summed E-state index contributed by atoms with van der Waals surface area (Å²) in [4.78, 5) is 23.6. The highest BCUT2D eigenvalue weighted by Crippen LogP contribution is 2.25. The van der Waals surface area contributed by atoms with Gasteiger partial charge in [-0.25, -0.2) is 4.39 Å². The molecule has 1 atom stereocenters. The fourth-order valence-corrected chi connectivity index (χ4v) is 2.65. The molecule has 2 amide bonds. The van der Waals surface area contributed by atoms with Gasteiger partial charge in [0.25, 0.3) is 11.8 Å². The predicted octanol–water partition coefficient (Wildman–Crippen LogP) is 1.41. The zero-order valence-corrected chi connectivity index (χ0v) is 17.8. The van der Waals surface area contributed by atoms with Gasteiger partial charge in [-0.1, -0.05) is 12.1 Å². The molecule has 2 aromatic carbocycles. The molecular formula is C20H24ClFN4O5. The molecule has 0 heterocycles. The number of nitrogen functional groups attached to an aromatic ring is 1. The lowest BCUT2D eigenvalue weighted by Gasteiger charge is -2.18. The van der Waals surface area contributed by atoms with E-state index in [1.165, 1.54) is 32.4 Å². The number of nitrogens with one attached hydrogen (secondary N) is 2. The Labute approximate surface area is 184 Å². The molecule has 0 unspecified atom stereocenters. The Morgan fingerprint density at radius 1 is 1.16 bits per heavy atom. The lowest BCUT2D eigenvalue weighted by molar-refractivity contribution is -0.131. The smallest absolute Gasteiger partial charge is 0.255 e. The second-order valence-electron chi connectivity index (χ2n) is 6.21. The summed E-state index contributed by atoms with van der Waals surface area (Å²) in [6, 6.07) is 8.70. The number of hydrogen-bond donors (Lipinski definition) is 4. The van der Waals surface area contributed by atoms with Gasteiger partial charge in [0, 0.05) is 36.4 Å². The zero-order valence-electron chi connectivity index (χ0n) is 16.9. The van der Waals surface area contributed by atoms with Gasteiger partial charge in [0.2, 0.25) is 0 Å². The Kier molecular flexibility index (Phi) is 9.71. The number of halogens is 2. The number of rotatable bonds is 10. The van der Waals surface area contributed by atoms with Gasteiger partial charge in [0.1, 0.15) is 23.2 Å². The van der Waals surface area contributed by atoms with E-state index in [-0.39, 0.29) is 42.7 Å². The van der Waals surface area contributed by atoms with Gasteiger partial charge in [0.15, 0.2) is 12.7 Å². The van der Waals surface area contributed by atoms with Crippen LogP contribution in [0.1, 0.15) is 22.8 Å². The monoisotopic (exact) mass is 454 g/mol. The first kappa shape index (κ1) is 25.7. The lowest BCUT2D eigenvalue weighted by Crippen LogP contribution is -2.31. The quantitative estimate of drug-likeness (QED) is 0.315. The molecule has 31 heavy (non-hydrogen) atoms. The fourth-order valence-electron chi connectivity index (χ4n) is 2.65. The molecule has 0 bridgehead atoms. The van der Waals surface area contributed by atoms with E-state index in [9.17, 15) is 14.0 Å². The number of nitrogens with two attached hydrogens (primary N) is 2. The maximum atomic E-state index is 14.3. The molecule has 9 nitrogen and oxygen atoms in total. The SMILES string of the molecule is COc1ccc([C@H](OC)C(=O)NCc2ccc(C(=N)N)cc2OCC(N)=O)c(F)c1.Cl. The van der Waals surface area contributed by atoms with Crippen LogP contribution < -0.4 is 26.3 Å². The summed E-state index contributed by atoms with van der Waals surface area (Å²) in [5.41, 5.74) is 11.5. The van der Waals surface area contributed by atoms with Crippen molar-refractivity contribution in [2.24, 2.45) is 11.5 Å². The molecule has 0 radical (unpaired) electrons. The van der Waals surface area contributed by atoms with Gasteiger partial charge in [-0.2, -0.15) is 0 Å². The molecule has 6 N–H and O–H groups in total. The van der Waals surface area contributed by atoms with E-state index < -0.39 is 23.7 Å². The standard InChI is InChI=1S/C20H23FN4O5.ClH/c1-28-13-5-6-14(15(21)8-13)18(29-2)20(27)25-9-12-4-3-11(19(23)24)7-16(12)30-10-17(22)26;/h3-8,18H,9-10H2,1-2H3,(H2,22,26)(H3,23,24)(H,25,27);1H/t18-;/m0./s1. The van der Waals surface area contributed by atoms with Gasteiger partial charge in [-0.05, 0) is 18.2 Å². The van der Waals surface area contributed by atoms with Crippen LogP contribution >= 0.6 is 12.4 Å². The number of benzene rings is 2. The van der Waals surface area contributed by atoms with Crippen molar-refractivity contribution < 1.29 is 28.2 Å². The third-order valence-electron chi connectivity index (χ3n) is 4.17. The fraction of sp³-hybridized carbons (Fsp3) is 0.250. The number of hydrogen-bond acceptors (Lipinski definition) is 6. The van der Waals surface area contributed by atoms with E-state index in [0.29, 0.717) is 16.9 Å². The molecule has 0 aliphatic heterocycles. The van der Waals surface area contributed by atoms with E-state index in [1.807, 2.05) is 0 Å². The van der Waals surface area contributed by atoms with Crippen molar-refractivity contribution >= 4 is 30.1 Å². The molecule has 2 aromatic rings. The normalized spacial score (nSPS) is 11.1. The van der Waals surface area contributed by atoms with Crippen molar-refractivity contribution in [2.75, 3.05) is 20.8 Å². The number of amides is 2. The highest BCUT2D eigenvalue weighted by Gasteiger charge is 2.24. The van der Waals surface area contributed by atoms with Crippen LogP contribution in [0.3, 0.4) is 0 Å². The Balaban J connectivity index is 0.00000480. The van der Waals surface area contributed by atoms with Crippen LogP contribution in [0.5, 0.6) is 11.5 Å². The molecule has 0 fully saturated rings. The Hall–Kier alpha value is -3.37. The summed E-state index contributed by atoms with van der Waals surface area (Å²) in [7, 11) is 2.70. The molecule has 0 aromatic heterocycles. The predicted molar refractivity (Wildman–Crippen MR) is 114 cm³/mol.